The van der Waals surface area contributed by atoms with Gasteiger partial charge in [0.25, 0.3) is 0 Å². The number of carbonyl (C=O) groups excluding carboxylic acids is 2. The molecule has 0 heterocycles. The summed E-state index contributed by atoms with van der Waals surface area (Å²) in [6, 6.07) is 0. The summed E-state index contributed by atoms with van der Waals surface area (Å²) in [6.07, 6.45) is 29.6. The Morgan fingerprint density at radius 3 is 1.92 bits per heavy atom. The highest BCUT2D eigenvalue weighted by Crippen LogP contribution is 2.12. The fourth-order valence-corrected chi connectivity index (χ4v) is 4.12. The third-order valence-corrected chi connectivity index (χ3v) is 6.53. The normalized spacial score (nSPS) is 13.4. The van der Waals surface area contributed by atoms with Crippen LogP contribution in [0.1, 0.15) is 136 Å². The average Bonchev–Trinajstić information content (AvgIpc) is 2.93. The molecule has 6 nitrogen and oxygen atoms in total. The second-order valence-corrected chi connectivity index (χ2v) is 10.4. The number of rotatable bonds is 27. The summed E-state index contributed by atoms with van der Waals surface area (Å²) in [6.45, 7) is 3.86. The zero-order chi connectivity index (χ0) is 28.8. The van der Waals surface area contributed by atoms with Crippen LogP contribution in [0.4, 0.5) is 0 Å². The molecule has 0 aromatic heterocycles. The van der Waals surface area contributed by atoms with E-state index in [1.54, 1.807) is 6.08 Å². The Morgan fingerprint density at radius 2 is 1.31 bits per heavy atom. The summed E-state index contributed by atoms with van der Waals surface area (Å²) in [4.78, 5) is 24.0. The van der Waals surface area contributed by atoms with Crippen LogP contribution in [0.5, 0.6) is 0 Å². The molecule has 6 heteroatoms. The quantitative estimate of drug-likeness (QED) is 0.0467. The lowest BCUT2D eigenvalue weighted by atomic mass is 10.1. The Labute approximate surface area is 238 Å². The van der Waals surface area contributed by atoms with Crippen LogP contribution in [-0.2, 0) is 19.1 Å². The first-order chi connectivity index (χ1) is 19.0. The van der Waals surface area contributed by atoms with E-state index in [9.17, 15) is 19.8 Å². The Hall–Kier alpha value is -1.92. The largest absolute Gasteiger partial charge is 0.462 e. The second-order valence-electron chi connectivity index (χ2n) is 10.4. The van der Waals surface area contributed by atoms with Crippen molar-refractivity contribution in [2.75, 3.05) is 13.2 Å². The van der Waals surface area contributed by atoms with Crippen LogP contribution >= 0.6 is 0 Å². The topological polar surface area (TPSA) is 93.1 Å². The second kappa shape index (κ2) is 29.1. The fourth-order valence-electron chi connectivity index (χ4n) is 4.12. The molecular weight excluding hydrogens is 492 g/mol. The van der Waals surface area contributed by atoms with E-state index in [2.05, 4.69) is 26.0 Å². The monoisotopic (exact) mass is 550 g/mol. The van der Waals surface area contributed by atoms with Gasteiger partial charge in [0, 0.05) is 12.8 Å². The summed E-state index contributed by atoms with van der Waals surface area (Å²) < 4.78 is 10.5. The Kier molecular flexibility index (Phi) is 27.6. The van der Waals surface area contributed by atoms with Gasteiger partial charge in [-0.05, 0) is 38.5 Å². The number of unbranched alkanes of at least 4 members (excludes halogenated alkanes) is 13. The van der Waals surface area contributed by atoms with Crippen LogP contribution in [0, 0.1) is 0 Å². The summed E-state index contributed by atoms with van der Waals surface area (Å²) >= 11 is 0. The van der Waals surface area contributed by atoms with Gasteiger partial charge in [-0.15, -0.1) is 0 Å². The van der Waals surface area contributed by atoms with Crippen molar-refractivity contribution < 1.29 is 29.3 Å². The van der Waals surface area contributed by atoms with Crippen molar-refractivity contribution in [1.82, 2.24) is 0 Å². The Bertz CT molecular complexity index is 655. The van der Waals surface area contributed by atoms with Gasteiger partial charge in [-0.3, -0.25) is 9.59 Å². The minimum Gasteiger partial charge on any atom is -0.462 e. The lowest BCUT2D eigenvalue weighted by Gasteiger charge is -2.15. The molecule has 2 N–H and O–H groups in total. The number of ether oxygens (including phenoxy) is 2. The van der Waals surface area contributed by atoms with Crippen LogP contribution in [-0.4, -0.2) is 47.6 Å². The van der Waals surface area contributed by atoms with Crippen molar-refractivity contribution >= 4 is 11.9 Å². The van der Waals surface area contributed by atoms with Crippen molar-refractivity contribution in [3.8, 4) is 0 Å². The third-order valence-electron chi connectivity index (χ3n) is 6.53. The molecule has 39 heavy (non-hydrogen) atoms. The number of hydrogen-bond acceptors (Lipinski definition) is 6. The van der Waals surface area contributed by atoms with Gasteiger partial charge in [0.05, 0.1) is 12.7 Å². The van der Waals surface area contributed by atoms with Crippen LogP contribution in [0.3, 0.4) is 0 Å². The molecule has 0 aromatic carbocycles. The van der Waals surface area contributed by atoms with Crippen LogP contribution in [0.25, 0.3) is 0 Å². The van der Waals surface area contributed by atoms with Gasteiger partial charge in [0.15, 0.2) is 6.10 Å². The number of carbonyl (C=O) groups is 2. The smallest absolute Gasteiger partial charge is 0.306 e. The van der Waals surface area contributed by atoms with Gasteiger partial charge in [-0.1, -0.05) is 121 Å². The minimum atomic E-state index is -0.788. The number of aliphatic hydroxyl groups excluding tert-OH is 2. The van der Waals surface area contributed by atoms with Gasteiger partial charge in [-0.2, -0.15) is 0 Å². The first-order valence-corrected chi connectivity index (χ1v) is 15.7. The minimum absolute atomic E-state index is 0.0912. The summed E-state index contributed by atoms with van der Waals surface area (Å²) in [5.74, 6) is -0.651. The maximum absolute atomic E-state index is 12.0. The maximum atomic E-state index is 12.0. The van der Waals surface area contributed by atoms with E-state index in [-0.39, 0.29) is 25.2 Å². The van der Waals surface area contributed by atoms with Crippen molar-refractivity contribution in [2.45, 2.75) is 148 Å². The zero-order valence-corrected chi connectivity index (χ0v) is 25.0. The predicted molar refractivity (Wildman–Crippen MR) is 160 cm³/mol. The molecule has 0 fully saturated rings. The Balaban J connectivity index is 3.69. The van der Waals surface area contributed by atoms with Gasteiger partial charge >= 0.3 is 11.9 Å². The van der Waals surface area contributed by atoms with Gasteiger partial charge in [-0.25, -0.2) is 0 Å². The molecule has 0 aliphatic carbocycles. The van der Waals surface area contributed by atoms with E-state index < -0.39 is 12.2 Å². The van der Waals surface area contributed by atoms with Crippen LogP contribution in [0.2, 0.25) is 0 Å². The van der Waals surface area contributed by atoms with E-state index >= 15 is 0 Å². The first-order valence-electron chi connectivity index (χ1n) is 15.7. The molecule has 1 unspecified atom stereocenters. The summed E-state index contributed by atoms with van der Waals surface area (Å²) in [5, 5.41) is 19.2. The molecule has 0 spiro atoms. The van der Waals surface area contributed by atoms with E-state index in [1.165, 1.54) is 38.5 Å². The van der Waals surface area contributed by atoms with E-state index in [0.29, 0.717) is 19.3 Å². The van der Waals surface area contributed by atoms with E-state index in [4.69, 9.17) is 9.47 Å². The Morgan fingerprint density at radius 1 is 0.718 bits per heavy atom. The van der Waals surface area contributed by atoms with Crippen molar-refractivity contribution in [3.05, 3.63) is 36.5 Å². The predicted octanol–water partition coefficient (Wildman–Crippen LogP) is 7.91. The SMILES string of the molecule is CC/C=C/CC(O)/C=C/C=C/CCCCCCCC(=O)OC[C@H](CO)OC(=O)CCCCCCCCCCC. The molecule has 2 atom stereocenters. The number of allylic oxidation sites excluding steroid dienone is 4. The van der Waals surface area contributed by atoms with Crippen molar-refractivity contribution in [1.29, 1.82) is 0 Å². The van der Waals surface area contributed by atoms with Crippen molar-refractivity contribution in [2.24, 2.45) is 0 Å². The van der Waals surface area contributed by atoms with Crippen molar-refractivity contribution in [3.63, 3.8) is 0 Å². The molecule has 0 radical (unpaired) electrons. The van der Waals surface area contributed by atoms with Gasteiger partial charge < -0.3 is 19.7 Å². The molecule has 0 aliphatic rings. The zero-order valence-electron chi connectivity index (χ0n) is 25.0. The standard InChI is InChI=1S/C33H58O6/c1-3-5-7-8-9-11-16-19-23-27-33(37)39-31(28-34)29-38-32(36)26-22-18-15-13-10-12-14-17-21-25-30(35)24-20-6-4-2/h6,14,17,20-21,25,30-31,34-35H,3-5,7-13,15-16,18-19,22-24,26-29H2,1-2H3/b17-14+,20-6+,25-21+/t30?,31-/m0/s1. The number of hydrogen-bond donors (Lipinski definition) is 2. The number of aliphatic hydroxyl groups is 2. The molecule has 0 bridgehead atoms. The summed E-state index contributed by atoms with van der Waals surface area (Å²) in [5.41, 5.74) is 0. The van der Waals surface area contributed by atoms with E-state index in [1.807, 2.05) is 18.2 Å². The number of esters is 2. The highest BCUT2D eigenvalue weighted by Gasteiger charge is 2.16. The average molecular weight is 551 g/mol. The molecule has 0 aliphatic heterocycles. The summed E-state index contributed by atoms with van der Waals surface area (Å²) in [7, 11) is 0. The molecule has 226 valence electrons. The molecule has 0 saturated heterocycles. The van der Waals surface area contributed by atoms with Gasteiger partial charge in [0.2, 0.25) is 0 Å². The lowest BCUT2D eigenvalue weighted by molar-refractivity contribution is -0.161. The fraction of sp³-hybridized carbons (Fsp3) is 0.758. The van der Waals surface area contributed by atoms with Crippen LogP contribution in [0.15, 0.2) is 36.5 Å². The maximum Gasteiger partial charge on any atom is 0.306 e. The molecule has 0 rings (SSSR count). The first kappa shape index (κ1) is 37.1. The molecular formula is C33H58O6. The molecule has 0 saturated carbocycles. The molecule has 0 amide bonds. The van der Waals surface area contributed by atoms with Gasteiger partial charge in [0.1, 0.15) is 6.61 Å². The highest BCUT2D eigenvalue weighted by atomic mass is 16.6. The third kappa shape index (κ3) is 27.4. The van der Waals surface area contributed by atoms with E-state index in [0.717, 1.165) is 64.2 Å². The highest BCUT2D eigenvalue weighted by molar-refractivity contribution is 5.70. The van der Waals surface area contributed by atoms with Crippen LogP contribution < -0.4 is 0 Å². The molecule has 0 aromatic rings. The lowest BCUT2D eigenvalue weighted by Crippen LogP contribution is -2.28.